The van der Waals surface area contributed by atoms with E-state index in [4.69, 9.17) is 19.7 Å². The van der Waals surface area contributed by atoms with E-state index in [0.717, 1.165) is 0 Å². The molecule has 170 valence electrons. The van der Waals surface area contributed by atoms with Gasteiger partial charge in [-0.05, 0) is 5.92 Å². The molecule has 0 aliphatic rings. The number of carbonyl (C=O) groups is 4. The van der Waals surface area contributed by atoms with Gasteiger partial charge in [-0.1, -0.05) is 35.4 Å². The SMILES string of the molecule is COCC(=O)N[C@H](C(=O)NCCSSCCC(=O)O)C(C)C.O=C(O)C(F)(F)F. The summed E-state index contributed by atoms with van der Waals surface area (Å²) >= 11 is 0. The van der Waals surface area contributed by atoms with E-state index in [0.29, 0.717) is 18.1 Å². The van der Waals surface area contributed by atoms with Crippen molar-refractivity contribution in [3.05, 3.63) is 0 Å². The van der Waals surface area contributed by atoms with E-state index in [1.54, 1.807) is 0 Å². The van der Waals surface area contributed by atoms with Gasteiger partial charge in [-0.2, -0.15) is 13.2 Å². The molecule has 0 saturated heterocycles. The number of aliphatic carboxylic acids is 2. The summed E-state index contributed by atoms with van der Waals surface area (Å²) < 4.78 is 36.5. The van der Waals surface area contributed by atoms with Crippen LogP contribution in [-0.2, 0) is 23.9 Å². The number of alkyl halides is 3. The highest BCUT2D eigenvalue weighted by molar-refractivity contribution is 8.76. The summed E-state index contributed by atoms with van der Waals surface area (Å²) in [4.78, 5) is 42.8. The number of methoxy groups -OCH3 is 1. The minimum atomic E-state index is -5.08. The lowest BCUT2D eigenvalue weighted by Gasteiger charge is -2.21. The summed E-state index contributed by atoms with van der Waals surface area (Å²) in [7, 11) is 4.39. The van der Waals surface area contributed by atoms with Gasteiger partial charge in [0.25, 0.3) is 0 Å². The maximum absolute atomic E-state index is 12.0. The van der Waals surface area contributed by atoms with Crippen molar-refractivity contribution >= 4 is 45.3 Å². The first-order valence-electron chi connectivity index (χ1n) is 8.15. The zero-order chi connectivity index (χ0) is 23.0. The zero-order valence-electron chi connectivity index (χ0n) is 16.1. The van der Waals surface area contributed by atoms with Crippen LogP contribution in [0, 0.1) is 5.92 Å². The topological polar surface area (TPSA) is 142 Å². The minimum Gasteiger partial charge on any atom is -0.481 e. The Morgan fingerprint density at radius 3 is 2.00 bits per heavy atom. The normalized spacial score (nSPS) is 11.8. The first kappa shape index (κ1) is 29.5. The number of nitrogens with one attached hydrogen (secondary N) is 2. The first-order chi connectivity index (χ1) is 13.3. The fourth-order valence-electron chi connectivity index (χ4n) is 1.45. The first-order valence-corrected chi connectivity index (χ1v) is 10.6. The average molecular weight is 467 g/mol. The number of rotatable bonds is 12. The number of halogens is 3. The molecule has 0 radical (unpaired) electrons. The molecule has 0 aromatic heterocycles. The molecule has 0 saturated carbocycles. The standard InChI is InChI=1S/C13H24N2O5S2.C2HF3O2/c1-9(2)12(15-10(16)8-20-3)13(19)14-5-7-22-21-6-4-11(17)18;3-2(4,5)1(6)7/h9,12H,4-8H2,1-3H3,(H,14,19)(H,15,16)(H,17,18);(H,6,7)/t12-;/m0./s1. The number of carboxylic acids is 2. The molecule has 0 aromatic rings. The third kappa shape index (κ3) is 18.1. The van der Waals surface area contributed by atoms with Crippen molar-refractivity contribution < 1.29 is 47.3 Å². The second-order valence-electron chi connectivity index (χ2n) is 5.60. The molecule has 2 amide bonds. The number of ether oxygens (including phenoxy) is 1. The summed E-state index contributed by atoms with van der Waals surface area (Å²) in [5.41, 5.74) is 0. The molecule has 0 aliphatic carbocycles. The maximum Gasteiger partial charge on any atom is 0.490 e. The zero-order valence-corrected chi connectivity index (χ0v) is 17.7. The predicted octanol–water partition coefficient (Wildman–Crippen LogP) is 1.38. The molecule has 9 nitrogen and oxygen atoms in total. The van der Waals surface area contributed by atoms with Gasteiger partial charge in [0.2, 0.25) is 11.8 Å². The van der Waals surface area contributed by atoms with Gasteiger partial charge in [0.1, 0.15) is 12.6 Å². The molecule has 1 atom stereocenters. The molecule has 0 unspecified atom stereocenters. The average Bonchev–Trinajstić information content (AvgIpc) is 2.58. The highest BCUT2D eigenvalue weighted by atomic mass is 33.1. The van der Waals surface area contributed by atoms with E-state index in [-0.39, 0.29) is 30.8 Å². The monoisotopic (exact) mass is 466 g/mol. The number of carboxylic acid groups (broad SMARTS) is 2. The van der Waals surface area contributed by atoms with E-state index in [9.17, 15) is 27.6 Å². The Balaban J connectivity index is 0. The third-order valence-corrected chi connectivity index (χ3v) is 5.16. The lowest BCUT2D eigenvalue weighted by Crippen LogP contribution is -2.50. The van der Waals surface area contributed by atoms with Crippen molar-refractivity contribution in [2.75, 3.05) is 31.8 Å². The van der Waals surface area contributed by atoms with Crippen LogP contribution in [0.4, 0.5) is 13.2 Å². The molecule has 4 N–H and O–H groups in total. The molecule has 29 heavy (non-hydrogen) atoms. The largest absolute Gasteiger partial charge is 0.490 e. The van der Waals surface area contributed by atoms with Crippen LogP contribution in [0.1, 0.15) is 20.3 Å². The summed E-state index contributed by atoms with van der Waals surface area (Å²) in [6.45, 7) is 4.10. The van der Waals surface area contributed by atoms with Crippen LogP contribution in [0.25, 0.3) is 0 Å². The van der Waals surface area contributed by atoms with E-state index in [1.807, 2.05) is 13.8 Å². The number of hydrogen-bond donors (Lipinski definition) is 4. The van der Waals surface area contributed by atoms with Gasteiger partial charge in [-0.15, -0.1) is 0 Å². The second-order valence-corrected chi connectivity index (χ2v) is 8.31. The van der Waals surface area contributed by atoms with Crippen LogP contribution >= 0.6 is 21.6 Å². The fourth-order valence-corrected chi connectivity index (χ4v) is 3.34. The van der Waals surface area contributed by atoms with Crippen LogP contribution in [0.2, 0.25) is 0 Å². The van der Waals surface area contributed by atoms with Crippen LogP contribution in [0.15, 0.2) is 0 Å². The van der Waals surface area contributed by atoms with E-state index in [2.05, 4.69) is 10.6 Å². The van der Waals surface area contributed by atoms with Crippen LogP contribution in [0.3, 0.4) is 0 Å². The van der Waals surface area contributed by atoms with Gasteiger partial charge in [-0.25, -0.2) is 4.79 Å². The molecule has 0 aliphatic heterocycles. The Kier molecular flexibility index (Phi) is 16.5. The van der Waals surface area contributed by atoms with Gasteiger partial charge >= 0.3 is 18.1 Å². The van der Waals surface area contributed by atoms with Crippen LogP contribution < -0.4 is 10.6 Å². The van der Waals surface area contributed by atoms with Crippen molar-refractivity contribution in [2.45, 2.75) is 32.5 Å². The van der Waals surface area contributed by atoms with Crippen LogP contribution in [-0.4, -0.2) is 78.0 Å². The summed E-state index contributed by atoms with van der Waals surface area (Å²) in [5, 5.41) is 21.0. The van der Waals surface area contributed by atoms with Crippen molar-refractivity contribution in [1.29, 1.82) is 0 Å². The smallest absolute Gasteiger partial charge is 0.481 e. The Bertz CT molecular complexity index is 535. The second kappa shape index (κ2) is 16.2. The lowest BCUT2D eigenvalue weighted by atomic mass is 10.0. The molecule has 0 bridgehead atoms. The summed E-state index contributed by atoms with van der Waals surface area (Å²) in [6.07, 6.45) is -4.95. The Hall–Kier alpha value is -1.67. The third-order valence-electron chi connectivity index (χ3n) is 2.75. The summed E-state index contributed by atoms with van der Waals surface area (Å²) in [5.74, 6) is -2.94. The van der Waals surface area contributed by atoms with Crippen molar-refractivity contribution in [3.63, 3.8) is 0 Å². The molecular formula is C15H25F3N2O7S2. The Morgan fingerprint density at radius 2 is 1.59 bits per heavy atom. The minimum absolute atomic E-state index is 0.0293. The van der Waals surface area contributed by atoms with Gasteiger partial charge in [0, 0.05) is 25.2 Å². The van der Waals surface area contributed by atoms with Gasteiger partial charge in [0.05, 0.1) is 6.42 Å². The number of hydrogen-bond acceptors (Lipinski definition) is 7. The molecule has 0 heterocycles. The quantitative estimate of drug-likeness (QED) is 0.248. The van der Waals surface area contributed by atoms with Gasteiger partial charge in [-0.3, -0.25) is 14.4 Å². The highest BCUT2D eigenvalue weighted by Crippen LogP contribution is 2.20. The number of amides is 2. The van der Waals surface area contributed by atoms with E-state index in [1.165, 1.54) is 28.7 Å². The lowest BCUT2D eigenvalue weighted by molar-refractivity contribution is -0.192. The predicted molar refractivity (Wildman–Crippen MR) is 103 cm³/mol. The Morgan fingerprint density at radius 1 is 1.07 bits per heavy atom. The van der Waals surface area contributed by atoms with E-state index < -0.39 is 24.2 Å². The van der Waals surface area contributed by atoms with Crippen molar-refractivity contribution in [2.24, 2.45) is 5.92 Å². The molecule has 14 heteroatoms. The summed E-state index contributed by atoms with van der Waals surface area (Å²) in [6, 6.07) is -0.590. The van der Waals surface area contributed by atoms with Gasteiger partial charge < -0.3 is 25.6 Å². The molecule has 0 spiro atoms. The van der Waals surface area contributed by atoms with Crippen molar-refractivity contribution in [1.82, 2.24) is 10.6 Å². The Labute approximate surface area is 173 Å². The van der Waals surface area contributed by atoms with E-state index >= 15 is 0 Å². The highest BCUT2D eigenvalue weighted by Gasteiger charge is 2.38. The number of carbonyl (C=O) groups excluding carboxylic acids is 2. The molecule has 0 rings (SSSR count). The molecule has 0 aromatic carbocycles. The molecular weight excluding hydrogens is 441 g/mol. The fraction of sp³-hybridized carbons (Fsp3) is 0.733. The van der Waals surface area contributed by atoms with Crippen LogP contribution in [0.5, 0.6) is 0 Å². The molecule has 0 fully saturated rings. The van der Waals surface area contributed by atoms with Gasteiger partial charge in [0.15, 0.2) is 0 Å². The van der Waals surface area contributed by atoms with Crippen molar-refractivity contribution in [3.8, 4) is 0 Å². The maximum atomic E-state index is 12.0.